The van der Waals surface area contributed by atoms with Gasteiger partial charge < -0.3 is 19.8 Å². The zero-order chi connectivity index (χ0) is 15.6. The van der Waals surface area contributed by atoms with E-state index in [0.29, 0.717) is 22.6 Å². The van der Waals surface area contributed by atoms with E-state index in [1.165, 1.54) is 12.3 Å². The third kappa shape index (κ3) is 3.15. The summed E-state index contributed by atoms with van der Waals surface area (Å²) in [4.78, 5) is 14.7. The van der Waals surface area contributed by atoms with Gasteiger partial charge in [-0.1, -0.05) is 0 Å². The quantitative estimate of drug-likeness (QED) is 0.797. The molecule has 0 aromatic carbocycles. The molecule has 1 amide bonds. The third-order valence-corrected chi connectivity index (χ3v) is 3.27. The normalized spacial score (nSPS) is 13.5. The number of carbonyl (C=O) groups excluding carboxylic acids is 1. The van der Waals surface area contributed by atoms with Gasteiger partial charge in [0.25, 0.3) is 5.91 Å². The second-order valence-electron chi connectivity index (χ2n) is 5.20. The zero-order valence-electron chi connectivity index (χ0n) is 12.2. The van der Waals surface area contributed by atoms with Crippen molar-refractivity contribution in [2.45, 2.75) is 26.4 Å². The van der Waals surface area contributed by atoms with E-state index >= 15 is 0 Å². The topological polar surface area (TPSA) is 102 Å². The number of nitrogens with zero attached hydrogens (tertiary/aromatic N) is 1. The molecule has 0 aliphatic rings. The Labute approximate surface area is 122 Å². The van der Waals surface area contributed by atoms with Gasteiger partial charge in [0.05, 0.1) is 12.1 Å². The highest BCUT2D eigenvalue weighted by atomic mass is 16.3. The van der Waals surface area contributed by atoms with Crippen LogP contribution < -0.4 is 5.32 Å². The van der Waals surface area contributed by atoms with Crippen LogP contribution in [-0.2, 0) is 5.60 Å². The van der Waals surface area contributed by atoms with Gasteiger partial charge in [-0.2, -0.15) is 5.26 Å². The molecule has 6 heteroatoms. The van der Waals surface area contributed by atoms with Crippen molar-refractivity contribution in [2.24, 2.45) is 0 Å². The Kier molecular flexibility index (Phi) is 3.87. The number of aromatic amines is 1. The second kappa shape index (κ2) is 5.46. The summed E-state index contributed by atoms with van der Waals surface area (Å²) in [5.41, 5.74) is 0.0717. The Morgan fingerprint density at radius 1 is 1.52 bits per heavy atom. The van der Waals surface area contributed by atoms with Crippen molar-refractivity contribution in [3.8, 4) is 6.07 Å². The maximum absolute atomic E-state index is 12.0. The molecule has 6 nitrogen and oxygen atoms in total. The molecule has 0 bridgehead atoms. The first-order chi connectivity index (χ1) is 9.83. The number of aliphatic hydroxyl groups is 1. The van der Waals surface area contributed by atoms with E-state index in [-0.39, 0.29) is 18.1 Å². The summed E-state index contributed by atoms with van der Waals surface area (Å²) in [5.74, 6) is 0.949. The minimum Gasteiger partial charge on any atom is -0.466 e. The minimum absolute atomic E-state index is 0.0343. The van der Waals surface area contributed by atoms with Gasteiger partial charge in [-0.05, 0) is 32.9 Å². The van der Waals surface area contributed by atoms with Crippen LogP contribution in [0.5, 0.6) is 0 Å². The molecule has 0 saturated heterocycles. The lowest BCUT2D eigenvalue weighted by atomic mass is 9.96. The van der Waals surface area contributed by atoms with Crippen LogP contribution in [0.3, 0.4) is 0 Å². The molecule has 0 spiro atoms. The highest BCUT2D eigenvalue weighted by Gasteiger charge is 2.28. The number of carbonyl (C=O) groups is 1. The van der Waals surface area contributed by atoms with Gasteiger partial charge in [-0.15, -0.1) is 0 Å². The van der Waals surface area contributed by atoms with E-state index in [1.54, 1.807) is 26.8 Å². The van der Waals surface area contributed by atoms with E-state index < -0.39 is 5.60 Å². The number of nitrogens with one attached hydrogen (secondary N) is 2. The smallest absolute Gasteiger partial charge is 0.267 e. The SMILES string of the molecule is Cc1cc(C(C)(O)CNC(=O)c2cc(C#N)c[nH]2)c(C)o1. The molecule has 1 unspecified atom stereocenters. The lowest BCUT2D eigenvalue weighted by Crippen LogP contribution is -2.38. The number of rotatable bonds is 4. The van der Waals surface area contributed by atoms with Crippen LogP contribution in [0, 0.1) is 25.2 Å². The maximum atomic E-state index is 12.0. The fraction of sp³-hybridized carbons (Fsp3) is 0.333. The van der Waals surface area contributed by atoms with E-state index in [4.69, 9.17) is 9.68 Å². The molecule has 0 aliphatic heterocycles. The number of hydrogen-bond acceptors (Lipinski definition) is 4. The molecule has 110 valence electrons. The number of hydrogen-bond donors (Lipinski definition) is 3. The molecule has 3 N–H and O–H groups in total. The molecule has 0 fully saturated rings. The summed E-state index contributed by atoms with van der Waals surface area (Å²) in [6.45, 7) is 5.21. The van der Waals surface area contributed by atoms with Gasteiger partial charge in [0.1, 0.15) is 28.9 Å². The van der Waals surface area contributed by atoms with Crippen molar-refractivity contribution in [1.29, 1.82) is 5.26 Å². The van der Waals surface area contributed by atoms with Gasteiger partial charge >= 0.3 is 0 Å². The monoisotopic (exact) mass is 287 g/mol. The van der Waals surface area contributed by atoms with Crippen LogP contribution in [0.1, 0.15) is 40.1 Å². The van der Waals surface area contributed by atoms with Crippen molar-refractivity contribution in [1.82, 2.24) is 10.3 Å². The van der Waals surface area contributed by atoms with Gasteiger partial charge in [-0.3, -0.25) is 4.79 Å². The first kappa shape index (κ1) is 14.9. The van der Waals surface area contributed by atoms with Crippen LogP contribution in [0.4, 0.5) is 0 Å². The molecular formula is C15H17N3O3. The van der Waals surface area contributed by atoms with Crippen LogP contribution in [0.15, 0.2) is 22.7 Å². The largest absolute Gasteiger partial charge is 0.466 e. The van der Waals surface area contributed by atoms with Crippen LogP contribution in [0.25, 0.3) is 0 Å². The summed E-state index contributed by atoms with van der Waals surface area (Å²) in [6, 6.07) is 5.15. The average Bonchev–Trinajstić information content (AvgIpc) is 3.02. The van der Waals surface area contributed by atoms with Crippen molar-refractivity contribution in [3.63, 3.8) is 0 Å². The van der Waals surface area contributed by atoms with Gasteiger partial charge in [0, 0.05) is 11.8 Å². The molecule has 1 atom stereocenters. The standard InChI is InChI=1S/C15H17N3O3/c1-9-4-12(10(2)21-9)15(3,20)8-18-14(19)13-5-11(6-16)7-17-13/h4-5,7,17,20H,8H2,1-3H3,(H,18,19). The number of nitriles is 1. The van der Waals surface area contributed by atoms with E-state index in [0.717, 1.165) is 0 Å². The Balaban J connectivity index is 2.06. The predicted molar refractivity (Wildman–Crippen MR) is 75.6 cm³/mol. The van der Waals surface area contributed by atoms with Crippen LogP contribution >= 0.6 is 0 Å². The number of aromatic nitrogens is 1. The number of amides is 1. The summed E-state index contributed by atoms with van der Waals surface area (Å²) in [6.07, 6.45) is 1.46. The van der Waals surface area contributed by atoms with E-state index in [2.05, 4.69) is 10.3 Å². The summed E-state index contributed by atoms with van der Waals surface area (Å²) >= 11 is 0. The van der Waals surface area contributed by atoms with Gasteiger partial charge in [0.2, 0.25) is 0 Å². The summed E-state index contributed by atoms with van der Waals surface area (Å²) in [7, 11) is 0. The van der Waals surface area contributed by atoms with Crippen LogP contribution in [0.2, 0.25) is 0 Å². The number of aryl methyl sites for hydroxylation is 2. The fourth-order valence-corrected chi connectivity index (χ4v) is 2.20. The Bertz CT molecular complexity index is 704. The first-order valence-electron chi connectivity index (χ1n) is 6.50. The molecule has 21 heavy (non-hydrogen) atoms. The van der Waals surface area contributed by atoms with Crippen molar-refractivity contribution < 1.29 is 14.3 Å². The van der Waals surface area contributed by atoms with Crippen molar-refractivity contribution >= 4 is 5.91 Å². The van der Waals surface area contributed by atoms with Gasteiger partial charge in [0.15, 0.2) is 0 Å². The third-order valence-electron chi connectivity index (χ3n) is 3.27. The van der Waals surface area contributed by atoms with Crippen LogP contribution in [-0.4, -0.2) is 22.5 Å². The van der Waals surface area contributed by atoms with Crippen molar-refractivity contribution in [2.75, 3.05) is 6.54 Å². The Morgan fingerprint density at radius 2 is 2.24 bits per heavy atom. The summed E-state index contributed by atoms with van der Waals surface area (Å²) in [5, 5.41) is 21.9. The second-order valence-corrected chi connectivity index (χ2v) is 5.20. The molecule has 2 aromatic heterocycles. The Hall–Kier alpha value is -2.52. The molecule has 0 radical (unpaired) electrons. The van der Waals surface area contributed by atoms with Gasteiger partial charge in [-0.25, -0.2) is 0 Å². The highest BCUT2D eigenvalue weighted by molar-refractivity contribution is 5.92. The number of H-pyrrole nitrogens is 1. The molecule has 0 saturated carbocycles. The predicted octanol–water partition coefficient (Wildman–Crippen LogP) is 1.73. The molecule has 2 aromatic rings. The average molecular weight is 287 g/mol. The molecular weight excluding hydrogens is 270 g/mol. The summed E-state index contributed by atoms with van der Waals surface area (Å²) < 4.78 is 5.40. The molecule has 2 heterocycles. The fourth-order valence-electron chi connectivity index (χ4n) is 2.20. The van der Waals surface area contributed by atoms with Crippen molar-refractivity contribution in [3.05, 3.63) is 46.7 Å². The highest BCUT2D eigenvalue weighted by Crippen LogP contribution is 2.26. The number of furan rings is 1. The lowest BCUT2D eigenvalue weighted by molar-refractivity contribution is 0.0513. The van der Waals surface area contributed by atoms with E-state index in [1.807, 2.05) is 6.07 Å². The first-order valence-corrected chi connectivity index (χ1v) is 6.50. The zero-order valence-corrected chi connectivity index (χ0v) is 12.2. The molecule has 0 aliphatic carbocycles. The Morgan fingerprint density at radius 3 is 2.76 bits per heavy atom. The lowest BCUT2D eigenvalue weighted by Gasteiger charge is -2.23. The minimum atomic E-state index is -1.23. The molecule has 2 rings (SSSR count). The van der Waals surface area contributed by atoms with E-state index in [9.17, 15) is 9.90 Å². The maximum Gasteiger partial charge on any atom is 0.267 e.